The van der Waals surface area contributed by atoms with Crippen molar-refractivity contribution in [3.8, 4) is 11.1 Å². The topological polar surface area (TPSA) is 107 Å². The minimum atomic E-state index is -0.554. The highest BCUT2D eigenvalue weighted by atomic mass is 16.1. The van der Waals surface area contributed by atoms with Gasteiger partial charge in [-0.3, -0.25) is 14.3 Å². The van der Waals surface area contributed by atoms with Crippen molar-refractivity contribution in [1.82, 2.24) is 24.5 Å². The number of carbonyl (C=O) groups is 2. The summed E-state index contributed by atoms with van der Waals surface area (Å²) in [5, 5.41) is 7.69. The average Bonchev–Trinajstić information content (AvgIpc) is 3.50. The summed E-state index contributed by atoms with van der Waals surface area (Å²) in [5.74, 6) is 0.204. The number of rotatable bonds is 9. The Kier molecular flexibility index (Phi) is 6.66. The van der Waals surface area contributed by atoms with Gasteiger partial charge in [-0.15, -0.1) is 0 Å². The number of fused-ring (bicyclic) bond motifs is 1. The molecule has 0 unspecified atom stereocenters. The van der Waals surface area contributed by atoms with Crippen LogP contribution in [0, 0.1) is 6.92 Å². The van der Waals surface area contributed by atoms with Crippen molar-refractivity contribution >= 4 is 17.2 Å². The van der Waals surface area contributed by atoms with E-state index in [9.17, 15) is 9.59 Å². The Morgan fingerprint density at radius 1 is 0.973 bits per heavy atom. The fourth-order valence-corrected chi connectivity index (χ4v) is 4.50. The van der Waals surface area contributed by atoms with Crippen LogP contribution in [-0.2, 0) is 13.5 Å². The zero-order chi connectivity index (χ0) is 25.9. The van der Waals surface area contributed by atoms with Crippen LogP contribution in [0.5, 0.6) is 0 Å². The molecule has 8 nitrogen and oxygen atoms in total. The molecule has 0 aliphatic heterocycles. The van der Waals surface area contributed by atoms with Crippen LogP contribution in [0.15, 0.2) is 85.3 Å². The van der Waals surface area contributed by atoms with Crippen molar-refractivity contribution in [2.45, 2.75) is 19.4 Å². The van der Waals surface area contributed by atoms with Gasteiger partial charge in [0.15, 0.2) is 0 Å². The summed E-state index contributed by atoms with van der Waals surface area (Å²) in [6.07, 6.45) is 6.45. The van der Waals surface area contributed by atoms with Gasteiger partial charge in [-0.25, -0.2) is 4.98 Å². The van der Waals surface area contributed by atoms with Gasteiger partial charge >= 0.3 is 0 Å². The molecule has 0 saturated carbocycles. The number of aryl methyl sites for hydroxylation is 2. The van der Waals surface area contributed by atoms with E-state index in [-0.39, 0.29) is 5.78 Å². The van der Waals surface area contributed by atoms with Crippen LogP contribution >= 0.6 is 0 Å². The van der Waals surface area contributed by atoms with E-state index in [0.717, 1.165) is 33.6 Å². The van der Waals surface area contributed by atoms with E-state index in [1.165, 1.54) is 0 Å². The number of aromatic nitrogens is 4. The van der Waals surface area contributed by atoms with Crippen molar-refractivity contribution in [2.75, 3.05) is 6.54 Å². The number of nitrogens with two attached hydrogens (primary N) is 1. The molecule has 0 fully saturated rings. The van der Waals surface area contributed by atoms with Crippen molar-refractivity contribution in [3.05, 3.63) is 114 Å². The molecular formula is C29H28N6O2. The van der Waals surface area contributed by atoms with E-state index in [2.05, 4.69) is 15.4 Å². The predicted octanol–water partition coefficient (Wildman–Crippen LogP) is 3.90. The number of nitrogens with one attached hydrogen (secondary N) is 1. The first-order valence-corrected chi connectivity index (χ1v) is 12.1. The van der Waals surface area contributed by atoms with Crippen molar-refractivity contribution < 1.29 is 9.59 Å². The lowest BCUT2D eigenvalue weighted by Gasteiger charge is -2.18. The number of amides is 1. The predicted molar refractivity (Wildman–Crippen MR) is 142 cm³/mol. The highest BCUT2D eigenvalue weighted by molar-refractivity contribution is 6.04. The fraction of sp³-hybridized carbons (Fsp3) is 0.172. The third-order valence-electron chi connectivity index (χ3n) is 6.48. The van der Waals surface area contributed by atoms with Crippen LogP contribution in [0.2, 0.25) is 0 Å². The third kappa shape index (κ3) is 5.05. The molecule has 8 heteroatoms. The largest absolute Gasteiger partial charge is 0.366 e. The Balaban J connectivity index is 1.41. The minimum absolute atomic E-state index is 0.0880. The number of ketones is 1. The monoisotopic (exact) mass is 492 g/mol. The molecule has 0 aliphatic carbocycles. The Bertz CT molecular complexity index is 1570. The molecule has 0 spiro atoms. The highest BCUT2D eigenvalue weighted by Gasteiger charge is 2.26. The first-order chi connectivity index (χ1) is 17.9. The normalized spacial score (nSPS) is 12.1. The number of hydrogen-bond donors (Lipinski definition) is 2. The van der Waals surface area contributed by atoms with Gasteiger partial charge in [0.2, 0.25) is 11.7 Å². The minimum Gasteiger partial charge on any atom is -0.366 e. The van der Waals surface area contributed by atoms with Gasteiger partial charge in [0.25, 0.3) is 0 Å². The number of pyridine rings is 1. The number of carbonyl (C=O) groups excluding carboxylic acids is 2. The van der Waals surface area contributed by atoms with Gasteiger partial charge < -0.3 is 15.5 Å². The van der Waals surface area contributed by atoms with E-state index in [1.54, 1.807) is 16.8 Å². The quantitative estimate of drug-likeness (QED) is 0.304. The van der Waals surface area contributed by atoms with Crippen LogP contribution in [0.4, 0.5) is 0 Å². The summed E-state index contributed by atoms with van der Waals surface area (Å²) in [5.41, 5.74) is 10.9. The Morgan fingerprint density at radius 3 is 2.41 bits per heavy atom. The van der Waals surface area contributed by atoms with Crippen LogP contribution < -0.4 is 11.1 Å². The SMILES string of the molecule is Cc1nc(C(=O)[C@H](NCCc2ccc(C(N)=O)cc2)c2ccccc2)c2ccc(-c3cnn(C)c3)cn12. The Hall–Kier alpha value is -4.56. The van der Waals surface area contributed by atoms with E-state index < -0.39 is 11.9 Å². The number of imidazole rings is 1. The van der Waals surface area contributed by atoms with E-state index >= 15 is 0 Å². The average molecular weight is 493 g/mol. The highest BCUT2D eigenvalue weighted by Crippen LogP contribution is 2.25. The molecule has 1 amide bonds. The molecule has 3 heterocycles. The number of hydrogen-bond acceptors (Lipinski definition) is 5. The lowest BCUT2D eigenvalue weighted by molar-refractivity contribution is 0.0939. The van der Waals surface area contributed by atoms with Gasteiger partial charge in [0.1, 0.15) is 11.5 Å². The van der Waals surface area contributed by atoms with Gasteiger partial charge in [-0.05, 0) is 42.7 Å². The molecule has 5 aromatic rings. The molecule has 0 aliphatic rings. The Morgan fingerprint density at radius 2 is 1.73 bits per heavy atom. The first-order valence-electron chi connectivity index (χ1n) is 12.1. The summed E-state index contributed by atoms with van der Waals surface area (Å²) < 4.78 is 3.72. The molecule has 5 rings (SSSR count). The molecule has 0 saturated heterocycles. The van der Waals surface area contributed by atoms with Crippen LogP contribution in [0.25, 0.3) is 16.6 Å². The molecule has 186 valence electrons. The summed E-state index contributed by atoms with van der Waals surface area (Å²) in [6.45, 7) is 2.47. The number of nitrogens with zero attached hydrogens (tertiary/aromatic N) is 4. The number of Topliss-reactive ketones (excluding diaryl/α,β-unsaturated/α-hetero) is 1. The van der Waals surface area contributed by atoms with Gasteiger partial charge in [-0.2, -0.15) is 5.10 Å². The van der Waals surface area contributed by atoms with Crippen LogP contribution in [-0.4, -0.2) is 37.4 Å². The lowest BCUT2D eigenvalue weighted by Crippen LogP contribution is -2.30. The fourth-order valence-electron chi connectivity index (χ4n) is 4.50. The van der Waals surface area contributed by atoms with Crippen LogP contribution in [0.1, 0.15) is 43.8 Å². The van der Waals surface area contributed by atoms with Crippen molar-refractivity contribution in [1.29, 1.82) is 0 Å². The molecule has 0 radical (unpaired) electrons. The van der Waals surface area contributed by atoms with E-state index in [0.29, 0.717) is 24.2 Å². The molecular weight excluding hydrogens is 464 g/mol. The van der Waals surface area contributed by atoms with Crippen LogP contribution in [0.3, 0.4) is 0 Å². The summed E-state index contributed by atoms with van der Waals surface area (Å²) in [7, 11) is 1.88. The van der Waals surface area contributed by atoms with Gasteiger partial charge in [0, 0.05) is 42.7 Å². The second-order valence-corrected chi connectivity index (χ2v) is 9.06. The lowest BCUT2D eigenvalue weighted by atomic mass is 9.99. The second-order valence-electron chi connectivity index (χ2n) is 9.06. The van der Waals surface area contributed by atoms with E-state index in [1.807, 2.05) is 91.6 Å². The molecule has 37 heavy (non-hydrogen) atoms. The maximum absolute atomic E-state index is 13.9. The zero-order valence-corrected chi connectivity index (χ0v) is 20.8. The van der Waals surface area contributed by atoms with E-state index in [4.69, 9.17) is 5.73 Å². The van der Waals surface area contributed by atoms with Gasteiger partial charge in [-0.1, -0.05) is 48.5 Å². The van der Waals surface area contributed by atoms with Gasteiger partial charge in [0.05, 0.1) is 17.8 Å². The maximum Gasteiger partial charge on any atom is 0.248 e. The maximum atomic E-state index is 13.9. The molecule has 2 aromatic carbocycles. The Labute approximate surface area is 214 Å². The standard InChI is InChI=1S/C29H28N6O2/c1-19-33-27(25-13-12-23(18-35(19)25)24-16-32-34(2)17-24)28(36)26(21-6-4-3-5-7-21)31-15-14-20-8-10-22(11-9-20)29(30)37/h3-13,16-18,26,31H,14-15H2,1-2H3,(H2,30,37)/t26-/m1/s1. The zero-order valence-electron chi connectivity index (χ0n) is 20.8. The summed E-state index contributed by atoms with van der Waals surface area (Å²) in [6, 6.07) is 20.3. The molecule has 3 aromatic heterocycles. The molecule has 1 atom stereocenters. The molecule has 0 bridgehead atoms. The number of benzene rings is 2. The molecule has 3 N–H and O–H groups in total. The summed E-state index contributed by atoms with van der Waals surface area (Å²) >= 11 is 0. The van der Waals surface area contributed by atoms with Crippen molar-refractivity contribution in [3.63, 3.8) is 0 Å². The number of primary amides is 1. The second kappa shape index (κ2) is 10.2. The third-order valence-corrected chi connectivity index (χ3v) is 6.48. The first kappa shape index (κ1) is 24.1. The summed E-state index contributed by atoms with van der Waals surface area (Å²) in [4.78, 5) is 29.9. The smallest absolute Gasteiger partial charge is 0.248 e. The van der Waals surface area contributed by atoms with Crippen molar-refractivity contribution in [2.24, 2.45) is 12.8 Å².